The molecule has 1 saturated carbocycles. The number of anilines is 3. The molecule has 10 heteroatoms. The van der Waals surface area contributed by atoms with Crippen molar-refractivity contribution in [2.24, 2.45) is 11.3 Å². The molecule has 1 amide bonds. The number of nitrogens with zero attached hydrogens (tertiary/aromatic N) is 2. The van der Waals surface area contributed by atoms with E-state index in [1.165, 1.54) is 24.3 Å². The molecule has 1 fully saturated rings. The molecule has 0 spiro atoms. The lowest BCUT2D eigenvalue weighted by atomic mass is 9.70. The van der Waals surface area contributed by atoms with E-state index in [0.717, 1.165) is 24.8 Å². The molecule has 3 N–H and O–H groups in total. The smallest absolute Gasteiger partial charge is 0.465 e. The van der Waals surface area contributed by atoms with Crippen LogP contribution < -0.4 is 15.4 Å². The number of fused-ring (bicyclic) bond motifs is 1. The summed E-state index contributed by atoms with van der Waals surface area (Å²) in [5.41, 5.74) is 2.56. The van der Waals surface area contributed by atoms with Crippen LogP contribution in [0.1, 0.15) is 46.1 Å². The summed E-state index contributed by atoms with van der Waals surface area (Å²) in [4.78, 5) is 15.8. The van der Waals surface area contributed by atoms with E-state index in [0.29, 0.717) is 28.8 Å². The lowest BCUT2D eigenvalue weighted by molar-refractivity contribution is -0.274. The molecule has 4 rings (SSSR count). The van der Waals surface area contributed by atoms with Crippen LogP contribution in [0.25, 0.3) is 11.0 Å². The molecule has 1 aliphatic carbocycles. The molecule has 0 bridgehead atoms. The van der Waals surface area contributed by atoms with Gasteiger partial charge in [-0.15, -0.1) is 13.2 Å². The van der Waals surface area contributed by atoms with Gasteiger partial charge >= 0.3 is 12.5 Å². The second-order valence-electron chi connectivity index (χ2n) is 9.70. The Bertz CT molecular complexity index is 1190. The SMILES string of the molecule is C[C@H]1C[C@@H](n2c(Nc3ccc(OC(F)(F)F)cc3)nc3cc(NC(=O)O)ccc32)CC(C)(C)C1. The number of carbonyl (C=O) groups is 1. The molecule has 0 radical (unpaired) electrons. The molecule has 34 heavy (non-hydrogen) atoms. The van der Waals surface area contributed by atoms with E-state index in [9.17, 15) is 18.0 Å². The Labute approximate surface area is 194 Å². The van der Waals surface area contributed by atoms with Crippen LogP contribution >= 0.6 is 0 Å². The number of carboxylic acid groups (broad SMARTS) is 1. The fourth-order valence-corrected chi connectivity index (χ4v) is 5.12. The number of rotatable bonds is 5. The molecule has 2 aromatic carbocycles. The summed E-state index contributed by atoms with van der Waals surface area (Å²) in [6, 6.07) is 10.8. The van der Waals surface area contributed by atoms with Crippen LogP contribution in [0, 0.1) is 11.3 Å². The summed E-state index contributed by atoms with van der Waals surface area (Å²) in [7, 11) is 0. The first kappa shape index (κ1) is 23.7. The fraction of sp³-hybridized carbons (Fsp3) is 0.417. The minimum atomic E-state index is -4.75. The number of imidazole rings is 1. The van der Waals surface area contributed by atoms with Crippen molar-refractivity contribution < 1.29 is 27.8 Å². The van der Waals surface area contributed by atoms with Crippen molar-refractivity contribution >= 4 is 34.4 Å². The van der Waals surface area contributed by atoms with Gasteiger partial charge in [-0.05, 0) is 73.1 Å². The van der Waals surface area contributed by atoms with Crippen LogP contribution in [0.2, 0.25) is 0 Å². The molecule has 0 aliphatic heterocycles. The molecule has 7 nitrogen and oxygen atoms in total. The van der Waals surface area contributed by atoms with Crippen molar-refractivity contribution in [1.82, 2.24) is 9.55 Å². The van der Waals surface area contributed by atoms with Gasteiger partial charge in [-0.2, -0.15) is 0 Å². The van der Waals surface area contributed by atoms with Crippen LogP contribution in [0.3, 0.4) is 0 Å². The number of benzene rings is 2. The first-order valence-corrected chi connectivity index (χ1v) is 11.0. The van der Waals surface area contributed by atoms with Gasteiger partial charge in [0.2, 0.25) is 5.95 Å². The lowest BCUT2D eigenvalue weighted by Gasteiger charge is -2.40. The maximum absolute atomic E-state index is 12.5. The zero-order valence-corrected chi connectivity index (χ0v) is 19.1. The second kappa shape index (κ2) is 8.73. The first-order valence-electron chi connectivity index (χ1n) is 11.0. The summed E-state index contributed by atoms with van der Waals surface area (Å²) in [6.45, 7) is 6.72. The Morgan fingerprint density at radius 2 is 1.82 bits per heavy atom. The predicted molar refractivity (Wildman–Crippen MR) is 124 cm³/mol. The molecule has 182 valence electrons. The van der Waals surface area contributed by atoms with E-state index >= 15 is 0 Å². The van der Waals surface area contributed by atoms with Crippen LogP contribution in [-0.4, -0.2) is 27.1 Å². The highest BCUT2D eigenvalue weighted by Crippen LogP contribution is 2.46. The Kier molecular flexibility index (Phi) is 6.09. The van der Waals surface area contributed by atoms with E-state index in [1.54, 1.807) is 12.1 Å². The van der Waals surface area contributed by atoms with Gasteiger partial charge in [0.15, 0.2) is 0 Å². The molecule has 0 unspecified atom stereocenters. The van der Waals surface area contributed by atoms with Crippen molar-refractivity contribution in [3.63, 3.8) is 0 Å². The monoisotopic (exact) mass is 476 g/mol. The molecule has 2 atom stereocenters. The standard InChI is InChI=1S/C24H27F3N4O3/c1-14-10-17(13-23(2,3)12-14)31-20-9-6-16(29-22(32)33)11-19(20)30-21(31)28-15-4-7-18(8-5-15)34-24(25,26)27/h4-9,11,14,17,29H,10,12-13H2,1-3H3,(H,28,30)(H,32,33)/t14-,17+/m0/s1. The van der Waals surface area contributed by atoms with Gasteiger partial charge in [0.05, 0.1) is 11.0 Å². The number of nitrogens with one attached hydrogen (secondary N) is 2. The van der Waals surface area contributed by atoms with Crippen LogP contribution in [0.4, 0.5) is 35.3 Å². The van der Waals surface area contributed by atoms with Crippen molar-refractivity contribution in [2.45, 2.75) is 52.4 Å². The van der Waals surface area contributed by atoms with Gasteiger partial charge in [0.25, 0.3) is 0 Å². The number of hydrogen-bond donors (Lipinski definition) is 3. The quantitative estimate of drug-likeness (QED) is 0.364. The average Bonchev–Trinajstić information content (AvgIpc) is 3.03. The minimum Gasteiger partial charge on any atom is -0.465 e. The zero-order chi connectivity index (χ0) is 24.7. The van der Waals surface area contributed by atoms with Gasteiger partial charge in [-0.25, -0.2) is 9.78 Å². The Morgan fingerprint density at radius 1 is 1.15 bits per heavy atom. The van der Waals surface area contributed by atoms with Crippen molar-refractivity contribution in [3.8, 4) is 5.75 Å². The summed E-state index contributed by atoms with van der Waals surface area (Å²) >= 11 is 0. The van der Waals surface area contributed by atoms with Gasteiger partial charge in [0.1, 0.15) is 5.75 Å². The highest BCUT2D eigenvalue weighted by molar-refractivity contribution is 5.89. The first-order chi connectivity index (χ1) is 15.9. The Morgan fingerprint density at radius 3 is 2.44 bits per heavy atom. The van der Waals surface area contributed by atoms with Crippen LogP contribution in [0.15, 0.2) is 42.5 Å². The molecule has 1 heterocycles. The highest BCUT2D eigenvalue weighted by atomic mass is 19.4. The highest BCUT2D eigenvalue weighted by Gasteiger charge is 2.35. The summed E-state index contributed by atoms with van der Waals surface area (Å²) in [6.07, 6.45) is -2.91. The van der Waals surface area contributed by atoms with Crippen molar-refractivity contribution in [3.05, 3.63) is 42.5 Å². The Balaban J connectivity index is 1.72. The number of alkyl halides is 3. The minimum absolute atomic E-state index is 0.136. The van der Waals surface area contributed by atoms with Gasteiger partial charge in [-0.1, -0.05) is 20.8 Å². The summed E-state index contributed by atoms with van der Waals surface area (Å²) < 4.78 is 43.5. The van der Waals surface area contributed by atoms with E-state index in [4.69, 9.17) is 10.1 Å². The van der Waals surface area contributed by atoms with E-state index in [1.807, 2.05) is 6.07 Å². The summed E-state index contributed by atoms with van der Waals surface area (Å²) in [5.74, 6) is 0.742. The number of amides is 1. The van der Waals surface area contributed by atoms with Gasteiger partial charge < -0.3 is 19.7 Å². The second-order valence-corrected chi connectivity index (χ2v) is 9.70. The fourth-order valence-electron chi connectivity index (χ4n) is 5.12. The third-order valence-corrected chi connectivity index (χ3v) is 6.01. The van der Waals surface area contributed by atoms with Gasteiger partial charge in [-0.3, -0.25) is 5.32 Å². The lowest BCUT2D eigenvalue weighted by Crippen LogP contribution is -2.29. The number of aromatic nitrogens is 2. The molecular weight excluding hydrogens is 449 g/mol. The molecule has 0 saturated heterocycles. The maximum Gasteiger partial charge on any atom is 0.573 e. The Hall–Kier alpha value is -3.43. The van der Waals surface area contributed by atoms with E-state index in [-0.39, 0.29) is 17.2 Å². The average molecular weight is 476 g/mol. The van der Waals surface area contributed by atoms with Crippen molar-refractivity contribution in [1.29, 1.82) is 0 Å². The number of hydrogen-bond acceptors (Lipinski definition) is 4. The third kappa shape index (κ3) is 5.55. The maximum atomic E-state index is 12.5. The molecule has 3 aromatic rings. The van der Waals surface area contributed by atoms with Crippen LogP contribution in [-0.2, 0) is 0 Å². The molecule has 1 aromatic heterocycles. The predicted octanol–water partition coefficient (Wildman–Crippen LogP) is 7.16. The summed E-state index contributed by atoms with van der Waals surface area (Å²) in [5, 5.41) is 14.6. The van der Waals surface area contributed by atoms with Gasteiger partial charge in [0, 0.05) is 17.4 Å². The normalized spacial score (nSPS) is 20.2. The number of halogens is 3. The van der Waals surface area contributed by atoms with Crippen LogP contribution in [0.5, 0.6) is 5.75 Å². The molecular formula is C24H27F3N4O3. The zero-order valence-electron chi connectivity index (χ0n) is 19.1. The van der Waals surface area contributed by atoms with Crippen molar-refractivity contribution in [2.75, 3.05) is 10.6 Å². The third-order valence-electron chi connectivity index (χ3n) is 6.01. The van der Waals surface area contributed by atoms with E-state index < -0.39 is 12.5 Å². The number of ether oxygens (including phenoxy) is 1. The van der Waals surface area contributed by atoms with E-state index in [2.05, 4.69) is 40.7 Å². The molecule has 1 aliphatic rings. The largest absolute Gasteiger partial charge is 0.573 e. The topological polar surface area (TPSA) is 88.4 Å².